The van der Waals surface area contributed by atoms with E-state index in [4.69, 9.17) is 0 Å². The molecule has 0 spiro atoms. The van der Waals surface area contributed by atoms with Gasteiger partial charge in [0.2, 0.25) is 0 Å². The van der Waals surface area contributed by atoms with Crippen LogP contribution >= 0.6 is 0 Å². The van der Waals surface area contributed by atoms with Crippen LogP contribution in [-0.2, 0) is 6.54 Å². The highest BCUT2D eigenvalue weighted by molar-refractivity contribution is 5.94. The number of nitrogens with one attached hydrogen (secondary N) is 1. The summed E-state index contributed by atoms with van der Waals surface area (Å²) in [6.45, 7) is 2.62. The Balaban J connectivity index is 1.89. The van der Waals surface area contributed by atoms with E-state index in [1.165, 1.54) is 18.2 Å². The molecule has 0 aliphatic carbocycles. The summed E-state index contributed by atoms with van der Waals surface area (Å²) < 4.78 is 14.7. The highest BCUT2D eigenvalue weighted by Crippen LogP contribution is 2.08. The van der Waals surface area contributed by atoms with Crippen LogP contribution in [0.2, 0.25) is 0 Å². The zero-order valence-corrected chi connectivity index (χ0v) is 9.93. The Labute approximate surface area is 104 Å². The molecule has 1 aromatic heterocycles. The molecular weight excluding hydrogens is 235 g/mol. The standard InChI is InChI=1S/C12H13FN4O/c1-9-8-10(2-3-11(9)13)12(18)14-4-6-17-7-5-15-16-17/h2-3,5,7-8H,4,6H2,1H3,(H,14,18). The summed E-state index contributed by atoms with van der Waals surface area (Å²) >= 11 is 0. The molecule has 0 bridgehead atoms. The maximum Gasteiger partial charge on any atom is 0.251 e. The predicted octanol–water partition coefficient (Wildman–Crippen LogP) is 1.16. The molecule has 0 aliphatic rings. The third-order valence-corrected chi connectivity index (χ3v) is 2.52. The Kier molecular flexibility index (Phi) is 3.66. The first kappa shape index (κ1) is 12.2. The van der Waals surface area contributed by atoms with Crippen molar-refractivity contribution < 1.29 is 9.18 Å². The molecule has 1 heterocycles. The van der Waals surface area contributed by atoms with Crippen molar-refractivity contribution in [2.75, 3.05) is 6.54 Å². The Bertz CT molecular complexity index is 539. The average molecular weight is 248 g/mol. The van der Waals surface area contributed by atoms with E-state index in [0.29, 0.717) is 24.2 Å². The molecular formula is C12H13FN4O. The predicted molar refractivity (Wildman–Crippen MR) is 63.5 cm³/mol. The van der Waals surface area contributed by atoms with Crippen molar-refractivity contribution in [3.05, 3.63) is 47.5 Å². The Morgan fingerprint density at radius 1 is 1.50 bits per heavy atom. The first-order valence-corrected chi connectivity index (χ1v) is 5.55. The van der Waals surface area contributed by atoms with Gasteiger partial charge in [0, 0.05) is 18.3 Å². The fraction of sp³-hybridized carbons (Fsp3) is 0.250. The topological polar surface area (TPSA) is 59.8 Å². The number of amides is 1. The summed E-state index contributed by atoms with van der Waals surface area (Å²) in [7, 11) is 0. The highest BCUT2D eigenvalue weighted by atomic mass is 19.1. The summed E-state index contributed by atoms with van der Waals surface area (Å²) in [6.07, 6.45) is 3.29. The number of nitrogens with zero attached hydrogens (tertiary/aromatic N) is 3. The molecule has 0 unspecified atom stereocenters. The number of hydrogen-bond donors (Lipinski definition) is 1. The fourth-order valence-corrected chi connectivity index (χ4v) is 1.52. The molecule has 18 heavy (non-hydrogen) atoms. The first-order chi connectivity index (χ1) is 8.66. The lowest BCUT2D eigenvalue weighted by Crippen LogP contribution is -2.27. The minimum Gasteiger partial charge on any atom is -0.350 e. The number of carbonyl (C=O) groups excluding carboxylic acids is 1. The third kappa shape index (κ3) is 2.91. The summed E-state index contributed by atoms with van der Waals surface area (Å²) in [6, 6.07) is 4.29. The van der Waals surface area contributed by atoms with E-state index in [1.807, 2.05) is 0 Å². The normalized spacial score (nSPS) is 10.3. The van der Waals surface area contributed by atoms with E-state index in [9.17, 15) is 9.18 Å². The van der Waals surface area contributed by atoms with E-state index >= 15 is 0 Å². The summed E-state index contributed by atoms with van der Waals surface area (Å²) in [5, 5.41) is 10.2. The zero-order chi connectivity index (χ0) is 13.0. The molecule has 0 fully saturated rings. The van der Waals surface area contributed by atoms with Gasteiger partial charge in [-0.05, 0) is 30.7 Å². The summed E-state index contributed by atoms with van der Waals surface area (Å²) in [4.78, 5) is 11.8. The van der Waals surface area contributed by atoms with Crippen LogP contribution in [0.4, 0.5) is 4.39 Å². The van der Waals surface area contributed by atoms with Gasteiger partial charge in [-0.3, -0.25) is 9.48 Å². The molecule has 0 saturated heterocycles. The lowest BCUT2D eigenvalue weighted by atomic mass is 10.1. The quantitative estimate of drug-likeness (QED) is 0.883. The van der Waals surface area contributed by atoms with E-state index in [-0.39, 0.29) is 11.7 Å². The fourth-order valence-electron chi connectivity index (χ4n) is 1.52. The molecule has 2 aromatic rings. The van der Waals surface area contributed by atoms with Crippen molar-refractivity contribution in [1.29, 1.82) is 0 Å². The zero-order valence-electron chi connectivity index (χ0n) is 9.93. The van der Waals surface area contributed by atoms with Crippen LogP contribution in [0.15, 0.2) is 30.6 Å². The van der Waals surface area contributed by atoms with Crippen LogP contribution in [0, 0.1) is 12.7 Å². The molecule has 2 rings (SSSR count). The van der Waals surface area contributed by atoms with Crippen molar-refractivity contribution in [1.82, 2.24) is 20.3 Å². The van der Waals surface area contributed by atoms with Crippen molar-refractivity contribution in [3.63, 3.8) is 0 Å². The second kappa shape index (κ2) is 5.39. The Morgan fingerprint density at radius 3 is 3.00 bits per heavy atom. The molecule has 0 aliphatic heterocycles. The van der Waals surface area contributed by atoms with Crippen molar-refractivity contribution in [3.8, 4) is 0 Å². The highest BCUT2D eigenvalue weighted by Gasteiger charge is 2.07. The molecule has 5 nitrogen and oxygen atoms in total. The van der Waals surface area contributed by atoms with Gasteiger partial charge >= 0.3 is 0 Å². The number of halogens is 1. The SMILES string of the molecule is Cc1cc(C(=O)NCCn2ccnn2)ccc1F. The molecule has 0 saturated carbocycles. The van der Waals surface area contributed by atoms with Crippen LogP contribution in [0.5, 0.6) is 0 Å². The molecule has 0 radical (unpaired) electrons. The van der Waals surface area contributed by atoms with Gasteiger partial charge in [-0.25, -0.2) is 4.39 Å². The van der Waals surface area contributed by atoms with Gasteiger partial charge in [0.15, 0.2) is 0 Å². The van der Waals surface area contributed by atoms with Crippen LogP contribution in [-0.4, -0.2) is 27.4 Å². The van der Waals surface area contributed by atoms with Crippen molar-refractivity contribution >= 4 is 5.91 Å². The maximum absolute atomic E-state index is 13.0. The molecule has 6 heteroatoms. The number of hydrogen-bond acceptors (Lipinski definition) is 3. The van der Waals surface area contributed by atoms with Crippen LogP contribution in [0.3, 0.4) is 0 Å². The van der Waals surface area contributed by atoms with Crippen LogP contribution in [0.1, 0.15) is 15.9 Å². The minimum atomic E-state index is -0.311. The molecule has 1 amide bonds. The number of aromatic nitrogens is 3. The van der Waals surface area contributed by atoms with Crippen molar-refractivity contribution in [2.45, 2.75) is 13.5 Å². The number of aryl methyl sites for hydroxylation is 1. The van der Waals surface area contributed by atoms with E-state index in [2.05, 4.69) is 15.6 Å². The Morgan fingerprint density at radius 2 is 2.33 bits per heavy atom. The van der Waals surface area contributed by atoms with Gasteiger partial charge in [-0.15, -0.1) is 5.10 Å². The summed E-state index contributed by atoms with van der Waals surface area (Å²) in [5.74, 6) is -0.535. The number of rotatable bonds is 4. The smallest absolute Gasteiger partial charge is 0.251 e. The van der Waals surface area contributed by atoms with E-state index in [1.54, 1.807) is 24.0 Å². The number of benzene rings is 1. The largest absolute Gasteiger partial charge is 0.350 e. The van der Waals surface area contributed by atoms with Crippen molar-refractivity contribution in [2.24, 2.45) is 0 Å². The van der Waals surface area contributed by atoms with E-state index < -0.39 is 0 Å². The molecule has 1 N–H and O–H groups in total. The molecule has 94 valence electrons. The van der Waals surface area contributed by atoms with Gasteiger partial charge in [0.25, 0.3) is 5.91 Å². The maximum atomic E-state index is 13.0. The third-order valence-electron chi connectivity index (χ3n) is 2.52. The van der Waals surface area contributed by atoms with E-state index in [0.717, 1.165) is 0 Å². The Hall–Kier alpha value is -2.24. The second-order valence-electron chi connectivity index (χ2n) is 3.89. The second-order valence-corrected chi connectivity index (χ2v) is 3.89. The van der Waals surface area contributed by atoms with Gasteiger partial charge in [0.1, 0.15) is 5.82 Å². The minimum absolute atomic E-state index is 0.224. The molecule has 1 aromatic carbocycles. The first-order valence-electron chi connectivity index (χ1n) is 5.55. The summed E-state index contributed by atoms with van der Waals surface area (Å²) in [5.41, 5.74) is 0.909. The molecule has 0 atom stereocenters. The van der Waals surface area contributed by atoms with Gasteiger partial charge in [-0.1, -0.05) is 5.21 Å². The van der Waals surface area contributed by atoms with Gasteiger partial charge in [-0.2, -0.15) is 0 Å². The van der Waals surface area contributed by atoms with Crippen LogP contribution < -0.4 is 5.32 Å². The lowest BCUT2D eigenvalue weighted by molar-refractivity contribution is 0.0951. The van der Waals surface area contributed by atoms with Gasteiger partial charge < -0.3 is 5.32 Å². The van der Waals surface area contributed by atoms with Gasteiger partial charge in [0.05, 0.1) is 12.7 Å². The number of carbonyl (C=O) groups is 1. The monoisotopic (exact) mass is 248 g/mol. The average Bonchev–Trinajstić information content (AvgIpc) is 2.85. The van der Waals surface area contributed by atoms with Crippen LogP contribution in [0.25, 0.3) is 0 Å². The lowest BCUT2D eigenvalue weighted by Gasteiger charge is -2.06.